The molecule has 0 unspecified atom stereocenters. The second-order valence-electron chi connectivity index (χ2n) is 6.14. The van der Waals surface area contributed by atoms with Crippen molar-refractivity contribution in [1.29, 1.82) is 0 Å². The van der Waals surface area contributed by atoms with E-state index < -0.39 is 21.8 Å². The van der Waals surface area contributed by atoms with Gasteiger partial charge in [0.2, 0.25) is 10.0 Å². The molecule has 0 radical (unpaired) electrons. The third-order valence-corrected chi connectivity index (χ3v) is 6.71. The quantitative estimate of drug-likeness (QED) is 0.713. The minimum absolute atomic E-state index is 0.166. The average Bonchev–Trinajstić information content (AvgIpc) is 3.32. The summed E-state index contributed by atoms with van der Waals surface area (Å²) in [4.78, 5) is 23.4. The summed E-state index contributed by atoms with van der Waals surface area (Å²) < 4.78 is 30.4. The van der Waals surface area contributed by atoms with E-state index in [1.165, 1.54) is 12.3 Å². The first-order chi connectivity index (χ1) is 11.5. The second kappa shape index (κ2) is 6.89. The maximum Gasteiger partial charge on any atom is 0.314 e. The predicted molar refractivity (Wildman–Crippen MR) is 84.4 cm³/mol. The molecule has 1 saturated heterocycles. The molecule has 24 heavy (non-hydrogen) atoms. The summed E-state index contributed by atoms with van der Waals surface area (Å²) in [5, 5.41) is 8.19. The number of rotatable bonds is 5. The van der Waals surface area contributed by atoms with Crippen LogP contribution in [0, 0.1) is 5.92 Å². The van der Waals surface area contributed by atoms with Gasteiger partial charge in [-0.15, -0.1) is 0 Å². The van der Waals surface area contributed by atoms with E-state index in [-0.39, 0.29) is 17.0 Å². The standard InChI is InChI=1S/C14H20N4O5S/c19-13(14(20)16-12-5-8-23-17-12)15-9-10-3-6-18(7-4-10)24(21,22)11-1-2-11/h5,8,10-11H,1-4,6-7,9H2,(H,15,19)(H,16,17,20). The zero-order chi connectivity index (χ0) is 17.2. The van der Waals surface area contributed by atoms with Crippen molar-refractivity contribution in [2.24, 2.45) is 5.92 Å². The Bertz CT molecular complexity index is 691. The van der Waals surface area contributed by atoms with Gasteiger partial charge in [-0.05, 0) is 31.6 Å². The molecular formula is C14H20N4O5S. The van der Waals surface area contributed by atoms with Crippen LogP contribution < -0.4 is 10.6 Å². The van der Waals surface area contributed by atoms with Crippen molar-refractivity contribution in [2.75, 3.05) is 25.0 Å². The molecular weight excluding hydrogens is 336 g/mol. The maximum absolute atomic E-state index is 12.2. The van der Waals surface area contributed by atoms with Crippen LogP contribution in [0.25, 0.3) is 0 Å². The Balaban J connectivity index is 1.40. The van der Waals surface area contributed by atoms with E-state index in [0.29, 0.717) is 32.5 Å². The Morgan fingerprint density at radius 3 is 2.50 bits per heavy atom. The lowest BCUT2D eigenvalue weighted by atomic mass is 9.98. The van der Waals surface area contributed by atoms with Crippen LogP contribution in [0.5, 0.6) is 0 Å². The van der Waals surface area contributed by atoms with Crippen LogP contribution in [0.2, 0.25) is 0 Å². The monoisotopic (exact) mass is 356 g/mol. The van der Waals surface area contributed by atoms with E-state index in [4.69, 9.17) is 0 Å². The fourth-order valence-electron chi connectivity index (χ4n) is 2.71. The molecule has 0 aromatic carbocycles. The molecule has 0 atom stereocenters. The number of anilines is 1. The number of aromatic nitrogens is 1. The van der Waals surface area contributed by atoms with Crippen molar-refractivity contribution in [3.05, 3.63) is 12.3 Å². The van der Waals surface area contributed by atoms with Gasteiger partial charge in [-0.25, -0.2) is 12.7 Å². The van der Waals surface area contributed by atoms with Crippen LogP contribution in [-0.2, 0) is 19.6 Å². The van der Waals surface area contributed by atoms with Gasteiger partial charge in [0, 0.05) is 25.7 Å². The van der Waals surface area contributed by atoms with Gasteiger partial charge in [0.15, 0.2) is 5.82 Å². The lowest BCUT2D eigenvalue weighted by Crippen LogP contribution is -2.44. The van der Waals surface area contributed by atoms with Crippen LogP contribution >= 0.6 is 0 Å². The number of piperidine rings is 1. The first-order valence-electron chi connectivity index (χ1n) is 7.95. The van der Waals surface area contributed by atoms with Crippen LogP contribution in [0.1, 0.15) is 25.7 Å². The summed E-state index contributed by atoms with van der Waals surface area (Å²) in [6.45, 7) is 1.30. The van der Waals surface area contributed by atoms with Crippen LogP contribution in [0.4, 0.5) is 5.82 Å². The van der Waals surface area contributed by atoms with Gasteiger partial charge in [-0.2, -0.15) is 0 Å². The molecule has 2 aliphatic rings. The Morgan fingerprint density at radius 2 is 1.92 bits per heavy atom. The van der Waals surface area contributed by atoms with Crippen molar-refractivity contribution in [3.8, 4) is 0 Å². The summed E-state index contributed by atoms with van der Waals surface area (Å²) >= 11 is 0. The van der Waals surface area contributed by atoms with Crippen molar-refractivity contribution in [2.45, 2.75) is 30.9 Å². The van der Waals surface area contributed by atoms with Gasteiger partial charge in [0.25, 0.3) is 0 Å². The third kappa shape index (κ3) is 3.93. The molecule has 2 N–H and O–H groups in total. The highest BCUT2D eigenvalue weighted by molar-refractivity contribution is 7.90. The van der Waals surface area contributed by atoms with E-state index in [2.05, 4.69) is 20.3 Å². The zero-order valence-corrected chi connectivity index (χ0v) is 13.9. The molecule has 2 heterocycles. The number of nitrogens with one attached hydrogen (secondary N) is 2. The normalized spacial score (nSPS) is 19.8. The van der Waals surface area contributed by atoms with Gasteiger partial charge in [-0.3, -0.25) is 14.9 Å². The average molecular weight is 356 g/mol. The Morgan fingerprint density at radius 1 is 1.21 bits per heavy atom. The van der Waals surface area contributed by atoms with E-state index in [0.717, 1.165) is 12.8 Å². The van der Waals surface area contributed by atoms with Crippen molar-refractivity contribution in [1.82, 2.24) is 14.8 Å². The molecule has 0 bridgehead atoms. The first kappa shape index (κ1) is 16.9. The van der Waals surface area contributed by atoms with Crippen molar-refractivity contribution >= 4 is 27.7 Å². The first-order valence-corrected chi connectivity index (χ1v) is 9.45. The molecule has 1 aromatic rings. The molecule has 9 nitrogen and oxygen atoms in total. The number of hydrogen-bond donors (Lipinski definition) is 2. The SMILES string of the molecule is O=C(NCC1CCN(S(=O)(=O)C2CC2)CC1)C(=O)Nc1ccon1. The molecule has 2 amide bonds. The predicted octanol–water partition coefficient (Wildman–Crippen LogP) is -0.0665. The summed E-state index contributed by atoms with van der Waals surface area (Å²) in [6.07, 6.45) is 4.17. The van der Waals surface area contributed by atoms with E-state index in [9.17, 15) is 18.0 Å². The Hall–Kier alpha value is -1.94. The Kier molecular flexibility index (Phi) is 4.86. The summed E-state index contributed by atoms with van der Waals surface area (Å²) in [7, 11) is -3.12. The van der Waals surface area contributed by atoms with E-state index in [1.54, 1.807) is 4.31 Å². The molecule has 3 rings (SSSR count). The molecule has 1 aliphatic heterocycles. The Labute approximate surface area is 139 Å². The topological polar surface area (TPSA) is 122 Å². The largest absolute Gasteiger partial charge is 0.363 e. The molecule has 10 heteroatoms. The molecule has 1 aromatic heterocycles. The molecule has 2 fully saturated rings. The number of carbonyl (C=O) groups excluding carboxylic acids is 2. The van der Waals surface area contributed by atoms with Crippen LogP contribution in [0.3, 0.4) is 0 Å². The van der Waals surface area contributed by atoms with Crippen molar-refractivity contribution < 1.29 is 22.5 Å². The molecule has 132 valence electrons. The minimum atomic E-state index is -3.12. The zero-order valence-electron chi connectivity index (χ0n) is 13.1. The smallest absolute Gasteiger partial charge is 0.314 e. The van der Waals surface area contributed by atoms with E-state index in [1.807, 2.05) is 0 Å². The third-order valence-electron chi connectivity index (χ3n) is 4.32. The summed E-state index contributed by atoms with van der Waals surface area (Å²) in [5.41, 5.74) is 0. The van der Waals surface area contributed by atoms with Gasteiger partial charge < -0.3 is 9.84 Å². The highest BCUT2D eigenvalue weighted by atomic mass is 32.2. The number of nitrogens with zero attached hydrogens (tertiary/aromatic N) is 2. The molecule has 1 saturated carbocycles. The minimum Gasteiger partial charge on any atom is -0.363 e. The van der Waals surface area contributed by atoms with Crippen molar-refractivity contribution in [3.63, 3.8) is 0 Å². The van der Waals surface area contributed by atoms with Gasteiger partial charge >= 0.3 is 11.8 Å². The highest BCUT2D eigenvalue weighted by Gasteiger charge is 2.41. The van der Waals surface area contributed by atoms with E-state index >= 15 is 0 Å². The molecule has 1 aliphatic carbocycles. The van der Waals surface area contributed by atoms with Crippen LogP contribution in [-0.4, -0.2) is 54.6 Å². The number of carbonyl (C=O) groups is 2. The number of sulfonamides is 1. The lowest BCUT2D eigenvalue weighted by molar-refractivity contribution is -0.136. The number of hydrogen-bond acceptors (Lipinski definition) is 6. The van der Waals surface area contributed by atoms with Gasteiger partial charge in [-0.1, -0.05) is 5.16 Å². The highest BCUT2D eigenvalue weighted by Crippen LogP contribution is 2.32. The molecule has 0 spiro atoms. The maximum atomic E-state index is 12.2. The fourth-order valence-corrected chi connectivity index (χ4v) is 4.59. The summed E-state index contributed by atoms with van der Waals surface area (Å²) in [5.74, 6) is -1.21. The second-order valence-corrected chi connectivity index (χ2v) is 8.35. The van der Waals surface area contributed by atoms with Gasteiger partial charge in [0.1, 0.15) is 6.26 Å². The van der Waals surface area contributed by atoms with Gasteiger partial charge in [0.05, 0.1) is 5.25 Å². The lowest BCUT2D eigenvalue weighted by Gasteiger charge is -2.31. The fraction of sp³-hybridized carbons (Fsp3) is 0.643. The summed E-state index contributed by atoms with van der Waals surface area (Å²) in [6, 6.07) is 1.43. The number of amides is 2. The van der Waals surface area contributed by atoms with Crippen LogP contribution in [0.15, 0.2) is 16.9 Å².